The average molecular weight is 167 g/mol. The maximum atomic E-state index is 8.40. The van der Waals surface area contributed by atoms with E-state index in [1.165, 1.54) is 0 Å². The lowest BCUT2D eigenvalue weighted by atomic mass is 10.2. The molecule has 0 fully saturated rings. The third kappa shape index (κ3) is 11.7. The zero-order valence-electron chi connectivity index (χ0n) is 7.59. The summed E-state index contributed by atoms with van der Waals surface area (Å²) in [6.45, 7) is 4.83. The average Bonchev–Trinajstić information content (AvgIpc) is 2.14. The molecule has 0 radical (unpaired) electrons. The normalized spacial score (nSPS) is 9.00. The molecule has 0 aliphatic rings. The number of terminal acetylenes is 1. The Hall–Kier alpha value is -1.04. The molecule has 0 aromatic carbocycles. The number of nitrogens with one attached hydrogen (secondary N) is 1. The van der Waals surface area contributed by atoms with Crippen molar-refractivity contribution >= 4 is 0 Å². The zero-order valence-corrected chi connectivity index (χ0v) is 7.59. The molecule has 0 unspecified atom stereocenters. The quantitative estimate of drug-likeness (QED) is 0.472. The van der Waals surface area contributed by atoms with Gasteiger partial charge in [-0.2, -0.15) is 0 Å². The molecule has 0 amide bonds. The van der Waals surface area contributed by atoms with Crippen molar-refractivity contribution in [3.05, 3.63) is 24.3 Å². The largest absolute Gasteiger partial charge is 0.392 e. The van der Waals surface area contributed by atoms with Crippen LogP contribution < -0.4 is 5.32 Å². The molecule has 68 valence electrons. The van der Waals surface area contributed by atoms with Crippen molar-refractivity contribution in [3.8, 4) is 12.8 Å². The van der Waals surface area contributed by atoms with Crippen molar-refractivity contribution < 1.29 is 5.11 Å². The first kappa shape index (κ1) is 13.5. The van der Waals surface area contributed by atoms with Crippen LogP contribution in [0.3, 0.4) is 0 Å². The Morgan fingerprint density at radius 3 is 2.58 bits per heavy atom. The third-order valence-electron chi connectivity index (χ3n) is 1.16. The SMILES string of the molecule is C#C.C=C(/C=C\CO)CCNC. The van der Waals surface area contributed by atoms with Gasteiger partial charge in [0.2, 0.25) is 0 Å². The topological polar surface area (TPSA) is 32.3 Å². The molecule has 0 aliphatic heterocycles. The predicted molar refractivity (Wildman–Crippen MR) is 53.8 cm³/mol. The second kappa shape index (κ2) is 12.6. The molecule has 0 aromatic rings. The minimum absolute atomic E-state index is 0.0958. The molecule has 12 heavy (non-hydrogen) atoms. The van der Waals surface area contributed by atoms with Crippen molar-refractivity contribution in [2.24, 2.45) is 0 Å². The Morgan fingerprint density at radius 1 is 1.58 bits per heavy atom. The van der Waals surface area contributed by atoms with Gasteiger partial charge in [-0.25, -0.2) is 0 Å². The summed E-state index contributed by atoms with van der Waals surface area (Å²) in [5.74, 6) is 0. The molecule has 2 nitrogen and oxygen atoms in total. The highest BCUT2D eigenvalue weighted by molar-refractivity contribution is 5.14. The number of aliphatic hydroxyl groups is 1. The van der Waals surface area contributed by atoms with E-state index in [2.05, 4.69) is 24.7 Å². The molecular weight excluding hydrogens is 150 g/mol. The second-order valence-electron chi connectivity index (χ2n) is 2.10. The summed E-state index contributed by atoms with van der Waals surface area (Å²) in [5, 5.41) is 11.4. The van der Waals surface area contributed by atoms with Crippen LogP contribution in [0.1, 0.15) is 6.42 Å². The van der Waals surface area contributed by atoms with Gasteiger partial charge in [-0.15, -0.1) is 12.8 Å². The molecular formula is C10H17NO. The highest BCUT2D eigenvalue weighted by Crippen LogP contribution is 1.96. The lowest BCUT2D eigenvalue weighted by Gasteiger charge is -1.97. The summed E-state index contributed by atoms with van der Waals surface area (Å²) in [6, 6.07) is 0. The van der Waals surface area contributed by atoms with E-state index in [-0.39, 0.29) is 6.61 Å². The van der Waals surface area contributed by atoms with Crippen molar-refractivity contribution in [2.45, 2.75) is 6.42 Å². The highest BCUT2D eigenvalue weighted by Gasteiger charge is 1.85. The fraction of sp³-hybridized carbons (Fsp3) is 0.400. The molecule has 0 aliphatic carbocycles. The van der Waals surface area contributed by atoms with Gasteiger partial charge < -0.3 is 10.4 Å². The van der Waals surface area contributed by atoms with Gasteiger partial charge in [-0.3, -0.25) is 0 Å². The van der Waals surface area contributed by atoms with E-state index in [1.54, 1.807) is 6.08 Å². The Bertz CT molecular complexity index is 147. The van der Waals surface area contributed by atoms with Crippen molar-refractivity contribution in [3.63, 3.8) is 0 Å². The van der Waals surface area contributed by atoms with Gasteiger partial charge in [0.25, 0.3) is 0 Å². The van der Waals surface area contributed by atoms with Crippen LogP contribution in [0.4, 0.5) is 0 Å². The number of hydrogen-bond acceptors (Lipinski definition) is 2. The minimum Gasteiger partial charge on any atom is -0.392 e. The third-order valence-corrected chi connectivity index (χ3v) is 1.16. The molecule has 0 spiro atoms. The van der Waals surface area contributed by atoms with Gasteiger partial charge in [-0.1, -0.05) is 24.3 Å². The number of hydrogen-bond donors (Lipinski definition) is 2. The molecule has 0 atom stereocenters. The lowest BCUT2D eigenvalue weighted by Crippen LogP contribution is -2.07. The van der Waals surface area contributed by atoms with Crippen LogP contribution in [0.15, 0.2) is 24.3 Å². The van der Waals surface area contributed by atoms with Crippen LogP contribution in [0.25, 0.3) is 0 Å². The fourth-order valence-corrected chi connectivity index (χ4v) is 0.588. The van der Waals surface area contributed by atoms with E-state index in [0.29, 0.717) is 0 Å². The maximum Gasteiger partial charge on any atom is 0.0615 e. The Morgan fingerprint density at radius 2 is 2.17 bits per heavy atom. The smallest absolute Gasteiger partial charge is 0.0615 e. The molecule has 0 saturated heterocycles. The van der Waals surface area contributed by atoms with Crippen LogP contribution >= 0.6 is 0 Å². The molecule has 0 bridgehead atoms. The van der Waals surface area contributed by atoms with Crippen LogP contribution in [-0.4, -0.2) is 25.3 Å². The van der Waals surface area contributed by atoms with Crippen LogP contribution in [0, 0.1) is 12.8 Å². The van der Waals surface area contributed by atoms with Gasteiger partial charge >= 0.3 is 0 Å². The van der Waals surface area contributed by atoms with Gasteiger partial charge in [-0.05, 0) is 20.0 Å². The first-order valence-corrected chi connectivity index (χ1v) is 3.74. The standard InChI is InChI=1S/C8H15NO.C2H2/c1-8(4-3-7-10)5-6-9-2;1-2/h3-4,9-10H,1,5-7H2,2H3;1-2H/b4-3-;. The van der Waals surface area contributed by atoms with Gasteiger partial charge in [0.1, 0.15) is 0 Å². The van der Waals surface area contributed by atoms with Crippen molar-refractivity contribution in [1.29, 1.82) is 0 Å². The minimum atomic E-state index is 0.0958. The zero-order chi connectivity index (χ0) is 9.82. The summed E-state index contributed by atoms with van der Waals surface area (Å²) < 4.78 is 0. The molecule has 0 heterocycles. The second-order valence-corrected chi connectivity index (χ2v) is 2.10. The van der Waals surface area contributed by atoms with Crippen LogP contribution in [0.5, 0.6) is 0 Å². The Balaban J connectivity index is 0. The van der Waals surface area contributed by atoms with Crippen molar-refractivity contribution in [2.75, 3.05) is 20.2 Å². The molecule has 0 rings (SSSR count). The van der Waals surface area contributed by atoms with E-state index in [4.69, 9.17) is 5.11 Å². The van der Waals surface area contributed by atoms with Crippen LogP contribution in [-0.2, 0) is 0 Å². The van der Waals surface area contributed by atoms with Crippen LogP contribution in [0.2, 0.25) is 0 Å². The van der Waals surface area contributed by atoms with E-state index >= 15 is 0 Å². The summed E-state index contributed by atoms with van der Waals surface area (Å²) in [5.41, 5.74) is 1.04. The van der Waals surface area contributed by atoms with Crippen molar-refractivity contribution in [1.82, 2.24) is 5.32 Å². The maximum absolute atomic E-state index is 8.40. The molecule has 2 N–H and O–H groups in total. The highest BCUT2D eigenvalue weighted by atomic mass is 16.2. The fourth-order valence-electron chi connectivity index (χ4n) is 0.588. The first-order chi connectivity index (χ1) is 5.81. The Labute approximate surface area is 75.0 Å². The molecule has 2 heteroatoms. The molecule has 0 saturated carbocycles. The first-order valence-electron chi connectivity index (χ1n) is 3.74. The van der Waals surface area contributed by atoms with Gasteiger partial charge in [0.15, 0.2) is 0 Å². The lowest BCUT2D eigenvalue weighted by molar-refractivity contribution is 0.342. The van der Waals surface area contributed by atoms with E-state index in [1.807, 2.05) is 13.1 Å². The number of rotatable bonds is 5. The summed E-state index contributed by atoms with van der Waals surface area (Å²) >= 11 is 0. The summed E-state index contributed by atoms with van der Waals surface area (Å²) in [7, 11) is 1.91. The van der Waals surface area contributed by atoms with E-state index < -0.39 is 0 Å². The molecule has 0 aromatic heterocycles. The number of aliphatic hydroxyl groups excluding tert-OH is 1. The predicted octanol–water partition coefficient (Wildman–Crippen LogP) is 0.950. The van der Waals surface area contributed by atoms with Gasteiger partial charge in [0, 0.05) is 0 Å². The van der Waals surface area contributed by atoms with Gasteiger partial charge in [0.05, 0.1) is 6.61 Å². The summed E-state index contributed by atoms with van der Waals surface area (Å²) in [4.78, 5) is 0. The van der Waals surface area contributed by atoms with E-state index in [0.717, 1.165) is 18.5 Å². The summed E-state index contributed by atoms with van der Waals surface area (Å²) in [6.07, 6.45) is 12.5. The Kier molecular flexibility index (Phi) is 14.2. The van der Waals surface area contributed by atoms with E-state index in [9.17, 15) is 0 Å². The number of allylic oxidation sites excluding steroid dienone is 1. The monoisotopic (exact) mass is 167 g/mol.